The lowest BCUT2D eigenvalue weighted by molar-refractivity contribution is 0.476. The Bertz CT molecular complexity index is 406. The summed E-state index contributed by atoms with van der Waals surface area (Å²) in [7, 11) is 0. The van der Waals surface area contributed by atoms with Crippen molar-refractivity contribution in [2.45, 2.75) is 13.5 Å². The number of fused-ring (bicyclic) bond motifs is 1. The van der Waals surface area contributed by atoms with Crippen molar-refractivity contribution < 1.29 is 5.11 Å². The van der Waals surface area contributed by atoms with Crippen molar-refractivity contribution in [2.24, 2.45) is 0 Å². The lowest BCUT2D eigenvalue weighted by atomic mass is 10.3. The predicted octanol–water partition coefficient (Wildman–Crippen LogP) is 1.76. The molecule has 0 unspecified atom stereocenters. The van der Waals surface area contributed by atoms with Crippen LogP contribution in [0.3, 0.4) is 0 Å². The van der Waals surface area contributed by atoms with E-state index >= 15 is 0 Å². The van der Waals surface area contributed by atoms with Gasteiger partial charge >= 0.3 is 0 Å². The van der Waals surface area contributed by atoms with Crippen molar-refractivity contribution in [3.8, 4) is 5.75 Å². The second-order valence-corrected chi connectivity index (χ2v) is 2.70. The molecule has 1 N–H and O–H groups in total. The van der Waals surface area contributed by atoms with Crippen LogP contribution in [0.1, 0.15) is 6.92 Å². The molecule has 2 rings (SSSR count). The summed E-state index contributed by atoms with van der Waals surface area (Å²) in [5, 5.41) is 9.16. The third kappa shape index (κ3) is 0.942. The Balaban J connectivity index is 2.73. The topological polar surface area (TPSA) is 38.0 Å². The van der Waals surface area contributed by atoms with Gasteiger partial charge in [-0.05, 0) is 19.1 Å². The van der Waals surface area contributed by atoms with E-state index in [1.807, 2.05) is 10.6 Å². The highest BCUT2D eigenvalue weighted by Crippen LogP contribution is 2.18. The summed E-state index contributed by atoms with van der Waals surface area (Å²) in [5.74, 6) is 0.267. The first-order valence-electron chi connectivity index (χ1n) is 3.95. The zero-order valence-electron chi connectivity index (χ0n) is 6.86. The van der Waals surface area contributed by atoms with Crippen molar-refractivity contribution in [3.63, 3.8) is 0 Å². The van der Waals surface area contributed by atoms with Gasteiger partial charge in [0.15, 0.2) is 0 Å². The largest absolute Gasteiger partial charge is 0.508 e. The molecular formula is C9H10N2O. The fourth-order valence-electron chi connectivity index (χ4n) is 1.30. The molecule has 1 aromatic heterocycles. The summed E-state index contributed by atoms with van der Waals surface area (Å²) in [4.78, 5) is 4.15. The van der Waals surface area contributed by atoms with Gasteiger partial charge in [-0.1, -0.05) is 0 Å². The van der Waals surface area contributed by atoms with Gasteiger partial charge in [0.1, 0.15) is 5.75 Å². The van der Waals surface area contributed by atoms with Gasteiger partial charge in [0.2, 0.25) is 0 Å². The minimum atomic E-state index is 0.267. The van der Waals surface area contributed by atoms with E-state index in [1.54, 1.807) is 18.5 Å². The number of nitrogens with zero attached hydrogens (tertiary/aromatic N) is 2. The fourth-order valence-corrected chi connectivity index (χ4v) is 1.30. The Morgan fingerprint density at radius 1 is 1.50 bits per heavy atom. The van der Waals surface area contributed by atoms with Crippen molar-refractivity contribution in [1.82, 2.24) is 9.55 Å². The average Bonchev–Trinajstić information content (AvgIpc) is 2.46. The molecule has 0 amide bonds. The van der Waals surface area contributed by atoms with E-state index in [0.717, 1.165) is 17.6 Å². The maximum atomic E-state index is 9.16. The third-order valence-electron chi connectivity index (χ3n) is 1.95. The quantitative estimate of drug-likeness (QED) is 0.693. The van der Waals surface area contributed by atoms with Crippen LogP contribution < -0.4 is 0 Å². The first-order valence-corrected chi connectivity index (χ1v) is 3.95. The maximum Gasteiger partial charge on any atom is 0.117 e. The molecule has 12 heavy (non-hydrogen) atoms. The summed E-state index contributed by atoms with van der Waals surface area (Å²) in [6.45, 7) is 2.97. The molecule has 0 aliphatic heterocycles. The molecule has 0 spiro atoms. The van der Waals surface area contributed by atoms with Crippen LogP contribution in [-0.2, 0) is 6.54 Å². The Hall–Kier alpha value is -1.51. The van der Waals surface area contributed by atoms with Crippen LogP contribution in [0.15, 0.2) is 24.5 Å². The number of aryl methyl sites for hydroxylation is 1. The van der Waals surface area contributed by atoms with Gasteiger partial charge in [0.25, 0.3) is 0 Å². The van der Waals surface area contributed by atoms with E-state index in [2.05, 4.69) is 11.9 Å². The van der Waals surface area contributed by atoms with Crippen LogP contribution in [0.2, 0.25) is 0 Å². The maximum absolute atomic E-state index is 9.16. The molecule has 0 bridgehead atoms. The zero-order chi connectivity index (χ0) is 8.55. The lowest BCUT2D eigenvalue weighted by Gasteiger charge is -1.97. The van der Waals surface area contributed by atoms with Gasteiger partial charge in [0, 0.05) is 12.6 Å². The van der Waals surface area contributed by atoms with E-state index in [9.17, 15) is 0 Å². The molecule has 0 fully saturated rings. The standard InChI is InChI=1S/C9H10N2O/c1-2-11-6-10-8-5-7(12)3-4-9(8)11/h3-6,12H,2H2,1H3. The average molecular weight is 162 g/mol. The highest BCUT2D eigenvalue weighted by atomic mass is 16.3. The summed E-state index contributed by atoms with van der Waals surface area (Å²) >= 11 is 0. The third-order valence-corrected chi connectivity index (χ3v) is 1.95. The Labute approximate surface area is 70.3 Å². The second kappa shape index (κ2) is 2.52. The molecule has 0 aliphatic carbocycles. The number of imidazole rings is 1. The molecule has 1 aromatic carbocycles. The first kappa shape index (κ1) is 7.16. The van der Waals surface area contributed by atoms with E-state index in [1.165, 1.54) is 0 Å². The zero-order valence-corrected chi connectivity index (χ0v) is 6.86. The van der Waals surface area contributed by atoms with E-state index in [0.29, 0.717) is 0 Å². The molecule has 3 heteroatoms. The number of phenolic OH excluding ortho intramolecular Hbond substituents is 1. The summed E-state index contributed by atoms with van der Waals surface area (Å²) < 4.78 is 2.04. The van der Waals surface area contributed by atoms with Gasteiger partial charge in [-0.25, -0.2) is 4.98 Å². The predicted molar refractivity (Wildman–Crippen MR) is 47.1 cm³/mol. The summed E-state index contributed by atoms with van der Waals surface area (Å²) in [6, 6.07) is 5.22. The molecule has 62 valence electrons. The highest BCUT2D eigenvalue weighted by Gasteiger charge is 2.00. The van der Waals surface area contributed by atoms with E-state index < -0.39 is 0 Å². The van der Waals surface area contributed by atoms with Gasteiger partial charge in [-0.15, -0.1) is 0 Å². The molecule has 0 saturated carbocycles. The monoisotopic (exact) mass is 162 g/mol. The van der Waals surface area contributed by atoms with Crippen LogP contribution in [0.4, 0.5) is 0 Å². The van der Waals surface area contributed by atoms with Crippen molar-refractivity contribution in [3.05, 3.63) is 24.5 Å². The minimum absolute atomic E-state index is 0.267. The van der Waals surface area contributed by atoms with Gasteiger partial charge < -0.3 is 9.67 Å². The molecule has 0 radical (unpaired) electrons. The van der Waals surface area contributed by atoms with Crippen LogP contribution in [0.5, 0.6) is 5.75 Å². The van der Waals surface area contributed by atoms with Gasteiger partial charge in [-0.2, -0.15) is 0 Å². The molecule has 0 saturated heterocycles. The number of rotatable bonds is 1. The highest BCUT2D eigenvalue weighted by molar-refractivity contribution is 5.76. The molecule has 0 aliphatic rings. The smallest absolute Gasteiger partial charge is 0.117 e. The van der Waals surface area contributed by atoms with Crippen molar-refractivity contribution in [1.29, 1.82) is 0 Å². The molecule has 1 heterocycles. The molecular weight excluding hydrogens is 152 g/mol. The lowest BCUT2D eigenvalue weighted by Crippen LogP contribution is -1.89. The van der Waals surface area contributed by atoms with Crippen molar-refractivity contribution in [2.75, 3.05) is 0 Å². The van der Waals surface area contributed by atoms with Crippen LogP contribution in [0, 0.1) is 0 Å². The number of phenols is 1. The number of aromatic hydroxyl groups is 1. The van der Waals surface area contributed by atoms with E-state index in [4.69, 9.17) is 5.11 Å². The number of hydrogen-bond donors (Lipinski definition) is 1. The molecule has 3 nitrogen and oxygen atoms in total. The normalized spacial score (nSPS) is 10.8. The molecule has 2 aromatic rings. The first-order chi connectivity index (χ1) is 5.81. The number of hydrogen-bond acceptors (Lipinski definition) is 2. The van der Waals surface area contributed by atoms with Crippen LogP contribution in [0.25, 0.3) is 11.0 Å². The van der Waals surface area contributed by atoms with Crippen LogP contribution >= 0.6 is 0 Å². The number of aromatic nitrogens is 2. The van der Waals surface area contributed by atoms with Crippen molar-refractivity contribution >= 4 is 11.0 Å². The Morgan fingerprint density at radius 3 is 3.08 bits per heavy atom. The second-order valence-electron chi connectivity index (χ2n) is 2.70. The van der Waals surface area contributed by atoms with Gasteiger partial charge in [-0.3, -0.25) is 0 Å². The van der Waals surface area contributed by atoms with Gasteiger partial charge in [0.05, 0.1) is 17.4 Å². The summed E-state index contributed by atoms with van der Waals surface area (Å²) in [6.07, 6.45) is 1.78. The van der Waals surface area contributed by atoms with Crippen LogP contribution in [-0.4, -0.2) is 14.7 Å². The SMILES string of the molecule is CCn1cnc2cc(O)ccc21. The molecule has 0 atom stereocenters. The van der Waals surface area contributed by atoms with E-state index in [-0.39, 0.29) is 5.75 Å². The fraction of sp³-hybridized carbons (Fsp3) is 0.222. The Kier molecular flexibility index (Phi) is 1.50. The summed E-state index contributed by atoms with van der Waals surface area (Å²) in [5.41, 5.74) is 1.91. The number of benzene rings is 1. The minimum Gasteiger partial charge on any atom is -0.508 e. The Morgan fingerprint density at radius 2 is 2.33 bits per heavy atom.